The average molecular weight is 291 g/mol. The molecule has 2 N–H and O–H groups in total. The Kier molecular flexibility index (Phi) is 4.12. The lowest BCUT2D eigenvalue weighted by Crippen LogP contribution is -2.44. The van der Waals surface area contributed by atoms with Gasteiger partial charge in [0.1, 0.15) is 11.9 Å². The summed E-state index contributed by atoms with van der Waals surface area (Å²) in [6, 6.07) is 6.20. The fourth-order valence-corrected chi connectivity index (χ4v) is 3.00. The Balaban J connectivity index is 1.50. The van der Waals surface area contributed by atoms with Crippen LogP contribution in [0.3, 0.4) is 0 Å². The molecule has 3 rings (SSSR count). The predicted octanol–water partition coefficient (Wildman–Crippen LogP) is 1.38. The van der Waals surface area contributed by atoms with Crippen molar-refractivity contribution in [1.29, 1.82) is 0 Å². The molecule has 0 bridgehead atoms. The van der Waals surface area contributed by atoms with E-state index in [1.54, 1.807) is 0 Å². The van der Waals surface area contributed by atoms with Crippen LogP contribution in [0.2, 0.25) is 0 Å². The summed E-state index contributed by atoms with van der Waals surface area (Å²) in [4.78, 5) is 11.0. The molecule has 2 heterocycles. The Bertz CT molecular complexity index is 531. The van der Waals surface area contributed by atoms with Crippen LogP contribution in [0, 0.1) is 12.8 Å². The monoisotopic (exact) mass is 291 g/mol. The Labute approximate surface area is 124 Å². The van der Waals surface area contributed by atoms with Gasteiger partial charge in [-0.15, -0.1) is 0 Å². The largest absolute Gasteiger partial charge is 0.487 e. The van der Waals surface area contributed by atoms with Gasteiger partial charge >= 0.3 is 5.97 Å². The first-order valence-electron chi connectivity index (χ1n) is 7.43. The first-order valence-corrected chi connectivity index (χ1v) is 7.43. The van der Waals surface area contributed by atoms with Gasteiger partial charge < -0.3 is 19.9 Å². The second kappa shape index (κ2) is 6.03. The molecule has 1 saturated heterocycles. The van der Waals surface area contributed by atoms with E-state index < -0.39 is 5.97 Å². The lowest BCUT2D eigenvalue weighted by molar-refractivity contribution is -0.144. The molecular formula is C16H21NO4. The minimum Gasteiger partial charge on any atom is -0.487 e. The minimum absolute atomic E-state index is 0.0343. The van der Waals surface area contributed by atoms with E-state index in [9.17, 15) is 4.79 Å². The van der Waals surface area contributed by atoms with Gasteiger partial charge in [-0.1, -0.05) is 17.7 Å². The molecule has 3 atom stereocenters. The molecule has 2 aliphatic heterocycles. The van der Waals surface area contributed by atoms with Crippen molar-refractivity contribution >= 4 is 5.97 Å². The highest BCUT2D eigenvalue weighted by molar-refractivity contribution is 5.70. The molecule has 0 aromatic heterocycles. The van der Waals surface area contributed by atoms with E-state index in [0.29, 0.717) is 26.1 Å². The third-order valence-electron chi connectivity index (χ3n) is 4.13. The number of nitrogens with one attached hydrogen (secondary N) is 1. The Morgan fingerprint density at radius 3 is 3.14 bits per heavy atom. The number of ether oxygens (including phenoxy) is 2. The Morgan fingerprint density at radius 2 is 2.33 bits per heavy atom. The molecule has 1 aromatic carbocycles. The summed E-state index contributed by atoms with van der Waals surface area (Å²) in [5.74, 6) is -0.164. The number of carboxylic acid groups (broad SMARTS) is 1. The Hall–Kier alpha value is -1.59. The molecular weight excluding hydrogens is 270 g/mol. The SMILES string of the molecule is Cc1ccc2c(c1)CC(COC1CNCC(C(=O)O)C1)O2. The van der Waals surface area contributed by atoms with Crippen LogP contribution in [0.25, 0.3) is 0 Å². The third kappa shape index (κ3) is 3.36. The van der Waals surface area contributed by atoms with Crippen LogP contribution < -0.4 is 10.1 Å². The number of hydrogen-bond donors (Lipinski definition) is 2. The van der Waals surface area contributed by atoms with Crippen LogP contribution in [0.1, 0.15) is 17.5 Å². The van der Waals surface area contributed by atoms with Crippen molar-refractivity contribution in [3.05, 3.63) is 29.3 Å². The van der Waals surface area contributed by atoms with Crippen molar-refractivity contribution in [1.82, 2.24) is 5.32 Å². The molecule has 1 aromatic rings. The van der Waals surface area contributed by atoms with Crippen LogP contribution in [0.4, 0.5) is 0 Å². The van der Waals surface area contributed by atoms with Gasteiger partial charge in [0.15, 0.2) is 0 Å². The number of carboxylic acids is 1. The van der Waals surface area contributed by atoms with Crippen molar-refractivity contribution in [3.8, 4) is 5.75 Å². The first-order chi connectivity index (χ1) is 10.1. The van der Waals surface area contributed by atoms with Crippen molar-refractivity contribution < 1.29 is 19.4 Å². The number of aryl methyl sites for hydroxylation is 1. The lowest BCUT2D eigenvalue weighted by atomic mass is 9.98. The third-order valence-corrected chi connectivity index (χ3v) is 4.13. The maximum atomic E-state index is 11.0. The number of rotatable bonds is 4. The number of carbonyl (C=O) groups is 1. The van der Waals surface area contributed by atoms with Crippen molar-refractivity contribution in [3.63, 3.8) is 0 Å². The smallest absolute Gasteiger partial charge is 0.307 e. The van der Waals surface area contributed by atoms with Gasteiger partial charge in [0.05, 0.1) is 18.6 Å². The predicted molar refractivity (Wildman–Crippen MR) is 77.7 cm³/mol. The highest BCUT2D eigenvalue weighted by atomic mass is 16.5. The molecule has 5 nitrogen and oxygen atoms in total. The van der Waals surface area contributed by atoms with Gasteiger partial charge in [0.2, 0.25) is 0 Å². The molecule has 0 amide bonds. The first kappa shape index (κ1) is 14.4. The zero-order chi connectivity index (χ0) is 14.8. The average Bonchev–Trinajstić information content (AvgIpc) is 2.87. The van der Waals surface area contributed by atoms with Gasteiger partial charge in [-0.2, -0.15) is 0 Å². The molecule has 3 unspecified atom stereocenters. The van der Waals surface area contributed by atoms with Gasteiger partial charge in [0.25, 0.3) is 0 Å². The van der Waals surface area contributed by atoms with E-state index in [1.807, 2.05) is 12.1 Å². The molecule has 114 valence electrons. The second-order valence-corrected chi connectivity index (χ2v) is 5.94. The quantitative estimate of drug-likeness (QED) is 0.877. The van der Waals surface area contributed by atoms with E-state index in [2.05, 4.69) is 18.3 Å². The van der Waals surface area contributed by atoms with Crippen LogP contribution in [0.5, 0.6) is 5.75 Å². The normalized spacial score (nSPS) is 28.0. The number of aliphatic carboxylic acids is 1. The number of hydrogen-bond acceptors (Lipinski definition) is 4. The van der Waals surface area contributed by atoms with Crippen LogP contribution in [-0.4, -0.2) is 43.0 Å². The molecule has 0 spiro atoms. The van der Waals surface area contributed by atoms with Crippen molar-refractivity contribution in [2.75, 3.05) is 19.7 Å². The summed E-state index contributed by atoms with van der Waals surface area (Å²) in [5, 5.41) is 12.2. The maximum absolute atomic E-state index is 11.0. The van der Waals surface area contributed by atoms with Crippen molar-refractivity contribution in [2.45, 2.75) is 32.0 Å². The zero-order valence-corrected chi connectivity index (χ0v) is 12.2. The maximum Gasteiger partial charge on any atom is 0.307 e. The Morgan fingerprint density at radius 1 is 1.48 bits per heavy atom. The summed E-state index contributed by atoms with van der Waals surface area (Å²) in [5.41, 5.74) is 2.47. The molecule has 21 heavy (non-hydrogen) atoms. The molecule has 0 radical (unpaired) electrons. The van der Waals surface area contributed by atoms with Gasteiger partial charge in [0, 0.05) is 19.5 Å². The second-order valence-electron chi connectivity index (χ2n) is 5.94. The van der Waals surface area contributed by atoms with Crippen LogP contribution in [0.15, 0.2) is 18.2 Å². The fraction of sp³-hybridized carbons (Fsp3) is 0.562. The fourth-order valence-electron chi connectivity index (χ4n) is 3.00. The van der Waals surface area contributed by atoms with E-state index in [-0.39, 0.29) is 18.1 Å². The lowest BCUT2D eigenvalue weighted by Gasteiger charge is -2.28. The molecule has 5 heteroatoms. The van der Waals surface area contributed by atoms with Gasteiger partial charge in [-0.25, -0.2) is 0 Å². The summed E-state index contributed by atoms with van der Waals surface area (Å²) in [6.45, 7) is 3.82. The standard InChI is InChI=1S/C16H21NO4/c1-10-2-3-15-11(4-10)5-14(21-15)9-20-13-6-12(16(18)19)7-17-8-13/h2-4,12-14,17H,5-9H2,1H3,(H,18,19). The van der Waals surface area contributed by atoms with E-state index >= 15 is 0 Å². The molecule has 2 aliphatic rings. The van der Waals surface area contributed by atoms with Crippen LogP contribution in [-0.2, 0) is 16.0 Å². The van der Waals surface area contributed by atoms with Crippen molar-refractivity contribution in [2.24, 2.45) is 5.92 Å². The summed E-state index contributed by atoms with van der Waals surface area (Å²) in [7, 11) is 0. The summed E-state index contributed by atoms with van der Waals surface area (Å²) in [6.07, 6.45) is 1.42. The van der Waals surface area contributed by atoms with Crippen LogP contribution >= 0.6 is 0 Å². The number of benzene rings is 1. The van der Waals surface area contributed by atoms with E-state index in [4.69, 9.17) is 14.6 Å². The van der Waals surface area contributed by atoms with E-state index in [1.165, 1.54) is 11.1 Å². The highest BCUT2D eigenvalue weighted by Crippen LogP contribution is 2.29. The molecule has 1 fully saturated rings. The van der Waals surface area contributed by atoms with Gasteiger partial charge in [-0.05, 0) is 25.0 Å². The zero-order valence-electron chi connectivity index (χ0n) is 12.2. The molecule has 0 aliphatic carbocycles. The number of piperidine rings is 1. The highest BCUT2D eigenvalue weighted by Gasteiger charge is 2.29. The molecule has 0 saturated carbocycles. The summed E-state index contributed by atoms with van der Waals surface area (Å²) < 4.78 is 11.7. The van der Waals surface area contributed by atoms with Gasteiger partial charge in [-0.3, -0.25) is 4.79 Å². The summed E-state index contributed by atoms with van der Waals surface area (Å²) >= 11 is 0. The topological polar surface area (TPSA) is 67.8 Å². The number of fused-ring (bicyclic) bond motifs is 1. The minimum atomic E-state index is -0.754. The van der Waals surface area contributed by atoms with E-state index in [0.717, 1.165) is 12.2 Å².